The summed E-state index contributed by atoms with van der Waals surface area (Å²) in [6.45, 7) is 2.12. The Morgan fingerprint density at radius 2 is 1.06 bits per heavy atom. The third-order valence-electron chi connectivity index (χ3n) is 6.27. The highest BCUT2D eigenvalue weighted by molar-refractivity contribution is 5.92. The molecule has 0 unspecified atom stereocenters. The normalized spacial score (nSPS) is 11.1. The van der Waals surface area contributed by atoms with Crippen molar-refractivity contribution >= 4 is 11.0 Å². The highest BCUT2D eigenvalue weighted by Gasteiger charge is 2.21. The second kappa shape index (κ2) is 8.49. The molecule has 0 radical (unpaired) electrons. The van der Waals surface area contributed by atoms with E-state index in [1.54, 1.807) is 0 Å². The summed E-state index contributed by atoms with van der Waals surface area (Å²) in [6, 6.07) is 44.8. The van der Waals surface area contributed by atoms with E-state index in [0.717, 1.165) is 28.1 Å². The molecule has 0 fully saturated rings. The van der Waals surface area contributed by atoms with E-state index < -0.39 is 0 Å². The Morgan fingerprint density at radius 3 is 1.62 bits per heavy atom. The van der Waals surface area contributed by atoms with Crippen molar-refractivity contribution in [1.82, 2.24) is 9.55 Å². The SMILES string of the molecule is Cc1ccc2c(c1)nc(-c1ccccc1)n2-c1c(-c2ccccc2)cccc1-c1ccccc1. The number of benzene rings is 5. The van der Waals surface area contributed by atoms with Crippen LogP contribution in [-0.4, -0.2) is 9.55 Å². The molecule has 1 heterocycles. The molecule has 0 aliphatic heterocycles. The molecule has 0 amide bonds. The van der Waals surface area contributed by atoms with Crippen LogP contribution in [0.3, 0.4) is 0 Å². The smallest absolute Gasteiger partial charge is 0.145 e. The van der Waals surface area contributed by atoms with Gasteiger partial charge in [0.2, 0.25) is 0 Å². The lowest BCUT2D eigenvalue weighted by atomic mass is 9.95. The first-order chi connectivity index (χ1) is 16.8. The molecule has 1 aromatic heterocycles. The van der Waals surface area contributed by atoms with Crippen molar-refractivity contribution in [3.8, 4) is 39.3 Å². The Hall–Kier alpha value is -4.43. The number of para-hydroxylation sites is 1. The zero-order valence-electron chi connectivity index (χ0n) is 19.0. The van der Waals surface area contributed by atoms with Gasteiger partial charge in [0.1, 0.15) is 5.82 Å². The fraction of sp³-hybridized carbons (Fsp3) is 0.0312. The van der Waals surface area contributed by atoms with E-state index >= 15 is 0 Å². The molecule has 2 nitrogen and oxygen atoms in total. The fourth-order valence-electron chi connectivity index (χ4n) is 4.68. The zero-order valence-corrected chi connectivity index (χ0v) is 19.0. The lowest BCUT2D eigenvalue weighted by molar-refractivity contribution is 1.11. The van der Waals surface area contributed by atoms with Crippen molar-refractivity contribution < 1.29 is 0 Å². The van der Waals surface area contributed by atoms with Gasteiger partial charge < -0.3 is 0 Å². The lowest BCUT2D eigenvalue weighted by Crippen LogP contribution is -2.03. The third kappa shape index (κ3) is 3.50. The van der Waals surface area contributed by atoms with E-state index in [-0.39, 0.29) is 0 Å². The maximum Gasteiger partial charge on any atom is 0.145 e. The minimum atomic E-state index is 0.946. The van der Waals surface area contributed by atoms with Crippen LogP contribution in [0.5, 0.6) is 0 Å². The van der Waals surface area contributed by atoms with Crippen LogP contribution in [0.1, 0.15) is 5.56 Å². The highest BCUT2D eigenvalue weighted by Crippen LogP contribution is 2.40. The number of hydrogen-bond acceptors (Lipinski definition) is 1. The molecule has 6 rings (SSSR count). The Labute approximate surface area is 199 Å². The standard InChI is InChI=1S/C32H24N2/c1-23-20-21-30-29(22-23)33-32(26-16-9-4-10-17-26)34(30)31-27(24-12-5-2-6-13-24)18-11-19-28(31)25-14-7-3-8-15-25/h2-22H,1H3. The van der Waals surface area contributed by atoms with Crippen LogP contribution >= 0.6 is 0 Å². The van der Waals surface area contributed by atoms with E-state index in [4.69, 9.17) is 4.98 Å². The molecule has 34 heavy (non-hydrogen) atoms. The Kier molecular flexibility index (Phi) is 5.04. The van der Waals surface area contributed by atoms with Crippen molar-refractivity contribution in [1.29, 1.82) is 0 Å². The molecule has 5 aromatic carbocycles. The largest absolute Gasteiger partial charge is 0.291 e. The van der Waals surface area contributed by atoms with Crippen LogP contribution < -0.4 is 0 Å². The summed E-state index contributed by atoms with van der Waals surface area (Å²) >= 11 is 0. The average molecular weight is 437 g/mol. The highest BCUT2D eigenvalue weighted by atomic mass is 15.1. The van der Waals surface area contributed by atoms with Crippen LogP contribution in [0.15, 0.2) is 127 Å². The molecular formula is C32H24N2. The number of fused-ring (bicyclic) bond motifs is 1. The van der Waals surface area contributed by atoms with Gasteiger partial charge in [-0.1, -0.05) is 115 Å². The number of rotatable bonds is 4. The summed E-state index contributed by atoms with van der Waals surface area (Å²) in [5.74, 6) is 0.946. The molecule has 0 atom stereocenters. The van der Waals surface area contributed by atoms with Crippen molar-refractivity contribution in [2.45, 2.75) is 6.92 Å². The minimum Gasteiger partial charge on any atom is -0.291 e. The molecule has 0 N–H and O–H groups in total. The van der Waals surface area contributed by atoms with Crippen molar-refractivity contribution in [2.75, 3.05) is 0 Å². The summed E-state index contributed by atoms with van der Waals surface area (Å²) in [7, 11) is 0. The zero-order chi connectivity index (χ0) is 22.9. The number of nitrogens with zero attached hydrogens (tertiary/aromatic N) is 2. The van der Waals surface area contributed by atoms with Gasteiger partial charge in [0.05, 0.1) is 16.7 Å². The van der Waals surface area contributed by atoms with E-state index in [1.807, 2.05) is 6.07 Å². The van der Waals surface area contributed by atoms with Crippen molar-refractivity contribution in [2.24, 2.45) is 0 Å². The molecule has 0 saturated heterocycles. The van der Waals surface area contributed by atoms with Crippen LogP contribution in [0, 0.1) is 6.92 Å². The number of aromatic nitrogens is 2. The third-order valence-corrected chi connectivity index (χ3v) is 6.27. The number of aryl methyl sites for hydroxylation is 1. The summed E-state index contributed by atoms with van der Waals surface area (Å²) in [5.41, 5.74) is 10.3. The van der Waals surface area contributed by atoms with Gasteiger partial charge in [0, 0.05) is 16.7 Å². The second-order valence-corrected chi connectivity index (χ2v) is 8.56. The number of hydrogen-bond donors (Lipinski definition) is 0. The monoisotopic (exact) mass is 436 g/mol. The summed E-state index contributed by atoms with van der Waals surface area (Å²) in [5, 5.41) is 0. The summed E-state index contributed by atoms with van der Waals surface area (Å²) < 4.78 is 2.34. The van der Waals surface area contributed by atoms with E-state index in [2.05, 4.69) is 133 Å². The maximum atomic E-state index is 5.15. The van der Waals surface area contributed by atoms with Gasteiger partial charge in [0.15, 0.2) is 0 Å². The average Bonchev–Trinajstić information content (AvgIpc) is 3.28. The van der Waals surface area contributed by atoms with Gasteiger partial charge in [-0.3, -0.25) is 4.57 Å². The van der Waals surface area contributed by atoms with Crippen LogP contribution in [-0.2, 0) is 0 Å². The molecular weight excluding hydrogens is 412 g/mol. The second-order valence-electron chi connectivity index (χ2n) is 8.56. The maximum absolute atomic E-state index is 5.15. The first kappa shape index (κ1) is 20.2. The predicted octanol–water partition coefficient (Wildman–Crippen LogP) is 8.33. The Balaban J connectivity index is 1.77. The van der Waals surface area contributed by atoms with Gasteiger partial charge in [-0.05, 0) is 35.7 Å². The minimum absolute atomic E-state index is 0.946. The van der Waals surface area contributed by atoms with E-state index in [0.29, 0.717) is 0 Å². The topological polar surface area (TPSA) is 17.8 Å². The van der Waals surface area contributed by atoms with Gasteiger partial charge in [-0.15, -0.1) is 0 Å². The van der Waals surface area contributed by atoms with E-state index in [1.165, 1.54) is 27.8 Å². The van der Waals surface area contributed by atoms with Crippen LogP contribution in [0.2, 0.25) is 0 Å². The first-order valence-corrected chi connectivity index (χ1v) is 11.6. The molecule has 0 aliphatic rings. The first-order valence-electron chi connectivity index (χ1n) is 11.6. The lowest BCUT2D eigenvalue weighted by Gasteiger charge is -2.19. The van der Waals surface area contributed by atoms with E-state index in [9.17, 15) is 0 Å². The van der Waals surface area contributed by atoms with Gasteiger partial charge >= 0.3 is 0 Å². The molecule has 162 valence electrons. The van der Waals surface area contributed by atoms with Crippen molar-refractivity contribution in [3.05, 3.63) is 133 Å². The van der Waals surface area contributed by atoms with Gasteiger partial charge in [0.25, 0.3) is 0 Å². The molecule has 0 bridgehead atoms. The molecule has 6 aromatic rings. The quantitative estimate of drug-likeness (QED) is 0.271. The molecule has 2 heteroatoms. The molecule has 0 spiro atoms. The van der Waals surface area contributed by atoms with Crippen LogP contribution in [0.25, 0.3) is 50.4 Å². The van der Waals surface area contributed by atoms with Crippen molar-refractivity contribution in [3.63, 3.8) is 0 Å². The Morgan fingerprint density at radius 1 is 0.529 bits per heavy atom. The predicted molar refractivity (Wildman–Crippen MR) is 142 cm³/mol. The van der Waals surface area contributed by atoms with Crippen LogP contribution in [0.4, 0.5) is 0 Å². The summed E-state index contributed by atoms with van der Waals surface area (Å²) in [4.78, 5) is 5.15. The van der Waals surface area contributed by atoms with Gasteiger partial charge in [-0.2, -0.15) is 0 Å². The fourth-order valence-corrected chi connectivity index (χ4v) is 4.68. The number of imidazole rings is 1. The molecule has 0 aliphatic carbocycles. The van der Waals surface area contributed by atoms with Gasteiger partial charge in [-0.25, -0.2) is 4.98 Å². The molecule has 0 saturated carbocycles. The summed E-state index contributed by atoms with van der Waals surface area (Å²) in [6.07, 6.45) is 0. The Bertz CT molecular complexity index is 1520.